The number of hydrogen-bond donors (Lipinski definition) is 0. The molecule has 1 fully saturated rings. The summed E-state index contributed by atoms with van der Waals surface area (Å²) in [6.45, 7) is 7.64. The Bertz CT molecular complexity index is 102. The standard InChI is InChI=1S/C10H20O2/c1-9(2)7-11-5-6-12-8-10-3-4-10/h9-10H,3-8H2,1-2H3. The Morgan fingerprint density at radius 3 is 2.42 bits per heavy atom. The number of hydrogen-bond acceptors (Lipinski definition) is 2. The van der Waals surface area contributed by atoms with Crippen molar-refractivity contribution in [1.82, 2.24) is 0 Å². The Morgan fingerprint density at radius 2 is 1.83 bits per heavy atom. The van der Waals surface area contributed by atoms with Crippen LogP contribution >= 0.6 is 0 Å². The van der Waals surface area contributed by atoms with Crippen LogP contribution in [0, 0.1) is 11.8 Å². The Kier molecular flexibility index (Phi) is 4.62. The van der Waals surface area contributed by atoms with Gasteiger partial charge in [0.15, 0.2) is 0 Å². The normalized spacial score (nSPS) is 17.2. The first kappa shape index (κ1) is 10.0. The lowest BCUT2D eigenvalue weighted by molar-refractivity contribution is 0.0343. The summed E-state index contributed by atoms with van der Waals surface area (Å²) in [6, 6.07) is 0. The zero-order chi connectivity index (χ0) is 8.81. The van der Waals surface area contributed by atoms with Crippen LogP contribution < -0.4 is 0 Å². The second-order valence-electron chi connectivity index (χ2n) is 3.99. The molecule has 0 aliphatic heterocycles. The Balaban J connectivity index is 1.70. The largest absolute Gasteiger partial charge is 0.379 e. The molecule has 0 radical (unpaired) electrons. The van der Waals surface area contributed by atoms with E-state index >= 15 is 0 Å². The minimum Gasteiger partial charge on any atom is -0.379 e. The van der Waals surface area contributed by atoms with Crippen LogP contribution in [-0.2, 0) is 9.47 Å². The zero-order valence-corrected chi connectivity index (χ0v) is 8.21. The van der Waals surface area contributed by atoms with Crippen molar-refractivity contribution in [2.45, 2.75) is 26.7 Å². The van der Waals surface area contributed by atoms with Crippen molar-refractivity contribution in [3.8, 4) is 0 Å². The molecule has 0 bridgehead atoms. The zero-order valence-electron chi connectivity index (χ0n) is 8.21. The van der Waals surface area contributed by atoms with Gasteiger partial charge in [0, 0.05) is 13.2 Å². The molecule has 0 atom stereocenters. The number of ether oxygens (including phenoxy) is 2. The van der Waals surface area contributed by atoms with Crippen molar-refractivity contribution >= 4 is 0 Å². The summed E-state index contributed by atoms with van der Waals surface area (Å²) >= 11 is 0. The maximum Gasteiger partial charge on any atom is 0.0700 e. The lowest BCUT2D eigenvalue weighted by Crippen LogP contribution is -2.09. The maximum absolute atomic E-state index is 5.41. The van der Waals surface area contributed by atoms with Crippen molar-refractivity contribution in [2.24, 2.45) is 11.8 Å². The molecule has 0 N–H and O–H groups in total. The SMILES string of the molecule is CC(C)COCCOCC1CC1. The molecule has 1 aliphatic rings. The Hall–Kier alpha value is -0.0800. The highest BCUT2D eigenvalue weighted by Crippen LogP contribution is 2.28. The molecule has 2 heteroatoms. The monoisotopic (exact) mass is 172 g/mol. The van der Waals surface area contributed by atoms with E-state index < -0.39 is 0 Å². The predicted octanol–water partition coefficient (Wildman–Crippen LogP) is 2.09. The summed E-state index contributed by atoms with van der Waals surface area (Å²) in [7, 11) is 0. The van der Waals surface area contributed by atoms with Crippen molar-refractivity contribution in [2.75, 3.05) is 26.4 Å². The molecule has 1 rings (SSSR count). The van der Waals surface area contributed by atoms with E-state index in [2.05, 4.69) is 13.8 Å². The average molecular weight is 172 g/mol. The predicted molar refractivity (Wildman–Crippen MR) is 49.2 cm³/mol. The first-order valence-electron chi connectivity index (χ1n) is 4.94. The smallest absolute Gasteiger partial charge is 0.0700 e. The molecule has 1 saturated carbocycles. The maximum atomic E-state index is 5.41. The highest BCUT2D eigenvalue weighted by molar-refractivity contribution is 4.71. The fraction of sp³-hybridized carbons (Fsp3) is 1.00. The number of rotatable bonds is 7. The first-order valence-corrected chi connectivity index (χ1v) is 4.94. The van der Waals surface area contributed by atoms with Crippen LogP contribution in [0.1, 0.15) is 26.7 Å². The van der Waals surface area contributed by atoms with Gasteiger partial charge in [0.1, 0.15) is 0 Å². The van der Waals surface area contributed by atoms with Gasteiger partial charge >= 0.3 is 0 Å². The molecule has 0 heterocycles. The van der Waals surface area contributed by atoms with Crippen molar-refractivity contribution in [1.29, 1.82) is 0 Å². The van der Waals surface area contributed by atoms with Gasteiger partial charge in [-0.25, -0.2) is 0 Å². The van der Waals surface area contributed by atoms with E-state index in [0.29, 0.717) is 5.92 Å². The van der Waals surface area contributed by atoms with E-state index in [0.717, 1.165) is 32.3 Å². The molecule has 0 saturated heterocycles. The lowest BCUT2D eigenvalue weighted by Gasteiger charge is -2.06. The van der Waals surface area contributed by atoms with Crippen LogP contribution in [0.15, 0.2) is 0 Å². The Labute approximate surface area is 75.2 Å². The van der Waals surface area contributed by atoms with Crippen LogP contribution in [0.25, 0.3) is 0 Å². The topological polar surface area (TPSA) is 18.5 Å². The van der Waals surface area contributed by atoms with Crippen LogP contribution in [0.4, 0.5) is 0 Å². The minimum absolute atomic E-state index is 0.633. The van der Waals surface area contributed by atoms with Gasteiger partial charge in [-0.3, -0.25) is 0 Å². The fourth-order valence-electron chi connectivity index (χ4n) is 0.971. The third-order valence-electron chi connectivity index (χ3n) is 1.87. The second kappa shape index (κ2) is 5.55. The van der Waals surface area contributed by atoms with Crippen molar-refractivity contribution < 1.29 is 9.47 Å². The van der Waals surface area contributed by atoms with E-state index in [1.54, 1.807) is 0 Å². The summed E-state index contributed by atoms with van der Waals surface area (Å²) in [5.74, 6) is 1.50. The van der Waals surface area contributed by atoms with E-state index in [9.17, 15) is 0 Å². The quantitative estimate of drug-likeness (QED) is 0.547. The van der Waals surface area contributed by atoms with Gasteiger partial charge in [-0.1, -0.05) is 13.8 Å². The first-order chi connectivity index (χ1) is 5.79. The molecule has 0 amide bonds. The fourth-order valence-corrected chi connectivity index (χ4v) is 0.971. The van der Waals surface area contributed by atoms with E-state index in [1.807, 2.05) is 0 Å². The van der Waals surface area contributed by atoms with Gasteiger partial charge < -0.3 is 9.47 Å². The second-order valence-corrected chi connectivity index (χ2v) is 3.99. The van der Waals surface area contributed by atoms with Gasteiger partial charge in [0.05, 0.1) is 13.2 Å². The van der Waals surface area contributed by atoms with Crippen LogP contribution in [-0.4, -0.2) is 26.4 Å². The third kappa shape index (κ3) is 5.56. The molecule has 0 unspecified atom stereocenters. The van der Waals surface area contributed by atoms with E-state index in [-0.39, 0.29) is 0 Å². The molecule has 12 heavy (non-hydrogen) atoms. The molecular formula is C10H20O2. The summed E-state index contributed by atoms with van der Waals surface area (Å²) in [4.78, 5) is 0. The van der Waals surface area contributed by atoms with Crippen LogP contribution in [0.3, 0.4) is 0 Å². The summed E-state index contributed by atoms with van der Waals surface area (Å²) in [5.41, 5.74) is 0. The highest BCUT2D eigenvalue weighted by atomic mass is 16.5. The molecule has 0 aromatic carbocycles. The molecule has 72 valence electrons. The van der Waals surface area contributed by atoms with Gasteiger partial charge in [-0.15, -0.1) is 0 Å². The molecule has 0 aromatic rings. The van der Waals surface area contributed by atoms with Gasteiger partial charge in [0.2, 0.25) is 0 Å². The van der Waals surface area contributed by atoms with Gasteiger partial charge in [0.25, 0.3) is 0 Å². The average Bonchev–Trinajstić information content (AvgIpc) is 2.79. The van der Waals surface area contributed by atoms with Crippen LogP contribution in [0.2, 0.25) is 0 Å². The molecular weight excluding hydrogens is 152 g/mol. The van der Waals surface area contributed by atoms with E-state index in [1.165, 1.54) is 12.8 Å². The van der Waals surface area contributed by atoms with Gasteiger partial charge in [-0.05, 0) is 24.7 Å². The Morgan fingerprint density at radius 1 is 1.17 bits per heavy atom. The molecule has 2 nitrogen and oxygen atoms in total. The highest BCUT2D eigenvalue weighted by Gasteiger charge is 2.20. The van der Waals surface area contributed by atoms with Crippen LogP contribution in [0.5, 0.6) is 0 Å². The minimum atomic E-state index is 0.633. The van der Waals surface area contributed by atoms with E-state index in [4.69, 9.17) is 9.47 Å². The molecule has 1 aliphatic carbocycles. The summed E-state index contributed by atoms with van der Waals surface area (Å²) in [6.07, 6.45) is 2.74. The summed E-state index contributed by atoms with van der Waals surface area (Å²) in [5, 5.41) is 0. The van der Waals surface area contributed by atoms with Crippen molar-refractivity contribution in [3.05, 3.63) is 0 Å². The molecule has 0 spiro atoms. The van der Waals surface area contributed by atoms with Crippen molar-refractivity contribution in [3.63, 3.8) is 0 Å². The molecule has 0 aromatic heterocycles. The summed E-state index contributed by atoms with van der Waals surface area (Å²) < 4.78 is 10.8. The third-order valence-corrected chi connectivity index (χ3v) is 1.87. The lowest BCUT2D eigenvalue weighted by atomic mass is 10.2. The van der Waals surface area contributed by atoms with Gasteiger partial charge in [-0.2, -0.15) is 0 Å².